The highest BCUT2D eigenvalue weighted by atomic mass is 16.4. The summed E-state index contributed by atoms with van der Waals surface area (Å²) in [6.07, 6.45) is 0.680. The van der Waals surface area contributed by atoms with Crippen LogP contribution in [0.5, 0.6) is 0 Å². The lowest BCUT2D eigenvalue weighted by atomic mass is 9.99. The van der Waals surface area contributed by atoms with E-state index in [1.165, 1.54) is 0 Å². The zero-order chi connectivity index (χ0) is 16.0. The fourth-order valence-corrected chi connectivity index (χ4v) is 2.10. The fraction of sp³-hybridized carbons (Fsp3) is 0.500. The molecule has 0 radical (unpaired) electrons. The molecular weight excluding hydrogens is 268 g/mol. The van der Waals surface area contributed by atoms with Crippen molar-refractivity contribution in [3.05, 3.63) is 29.8 Å². The van der Waals surface area contributed by atoms with Gasteiger partial charge in [-0.25, -0.2) is 9.59 Å². The number of carbonyl (C=O) groups is 2. The molecule has 5 nitrogen and oxygen atoms in total. The van der Waals surface area contributed by atoms with Gasteiger partial charge in [0.05, 0.1) is 0 Å². The minimum atomic E-state index is -1.02. The molecule has 1 rings (SSSR count). The Balaban J connectivity index is 2.80. The van der Waals surface area contributed by atoms with Crippen LogP contribution in [0.1, 0.15) is 45.6 Å². The molecule has 21 heavy (non-hydrogen) atoms. The number of nitrogens with one attached hydrogen (secondary N) is 2. The Labute approximate surface area is 125 Å². The van der Waals surface area contributed by atoms with Gasteiger partial charge in [0, 0.05) is 5.69 Å². The lowest BCUT2D eigenvalue weighted by molar-refractivity contribution is -0.140. The highest BCUT2D eigenvalue weighted by molar-refractivity contribution is 5.93. The molecule has 1 aromatic carbocycles. The van der Waals surface area contributed by atoms with Crippen LogP contribution in [0, 0.1) is 5.92 Å². The predicted molar refractivity (Wildman–Crippen MR) is 83.6 cm³/mol. The third-order valence-electron chi connectivity index (χ3n) is 3.60. The number of urea groups is 1. The van der Waals surface area contributed by atoms with Crippen molar-refractivity contribution in [1.82, 2.24) is 5.32 Å². The van der Waals surface area contributed by atoms with Crippen LogP contribution in [0.2, 0.25) is 0 Å². The summed E-state index contributed by atoms with van der Waals surface area (Å²) < 4.78 is 0. The van der Waals surface area contributed by atoms with Crippen molar-refractivity contribution in [3.8, 4) is 0 Å². The molecular formula is C16H24N2O3. The summed E-state index contributed by atoms with van der Waals surface area (Å²) in [6.45, 7) is 7.78. The van der Waals surface area contributed by atoms with Gasteiger partial charge >= 0.3 is 12.0 Å². The summed E-state index contributed by atoms with van der Waals surface area (Å²) in [6, 6.07) is 6.14. The van der Waals surface area contributed by atoms with Crippen LogP contribution in [-0.4, -0.2) is 23.1 Å². The Hall–Kier alpha value is -2.04. The van der Waals surface area contributed by atoms with E-state index in [4.69, 9.17) is 0 Å². The number of benzene rings is 1. The number of hydrogen-bond acceptors (Lipinski definition) is 2. The molecule has 2 amide bonds. The first-order chi connectivity index (χ1) is 9.86. The number of para-hydroxylation sites is 1. The largest absolute Gasteiger partial charge is 0.480 e. The van der Waals surface area contributed by atoms with Gasteiger partial charge in [-0.1, -0.05) is 52.3 Å². The molecule has 0 aliphatic rings. The minimum Gasteiger partial charge on any atom is -0.480 e. The lowest BCUT2D eigenvalue weighted by Gasteiger charge is -2.21. The predicted octanol–water partition coefficient (Wildman–Crippen LogP) is 3.43. The van der Waals surface area contributed by atoms with Crippen molar-refractivity contribution in [3.63, 3.8) is 0 Å². The Morgan fingerprint density at radius 2 is 1.81 bits per heavy atom. The molecule has 0 aromatic heterocycles. The average Bonchev–Trinajstić information content (AvgIpc) is 2.44. The number of aliphatic carboxylic acids is 1. The Bertz CT molecular complexity index is 500. The number of carbonyl (C=O) groups excluding carboxylic acids is 1. The van der Waals surface area contributed by atoms with E-state index in [-0.39, 0.29) is 11.8 Å². The van der Waals surface area contributed by atoms with Crippen molar-refractivity contribution in [1.29, 1.82) is 0 Å². The third-order valence-corrected chi connectivity index (χ3v) is 3.60. The average molecular weight is 292 g/mol. The SMILES string of the molecule is CCC(C)C(NC(=O)Nc1ccccc1C(C)C)C(=O)O. The van der Waals surface area contributed by atoms with Gasteiger partial charge in [-0.3, -0.25) is 0 Å². The van der Waals surface area contributed by atoms with E-state index in [1.54, 1.807) is 6.92 Å². The van der Waals surface area contributed by atoms with Crippen LogP contribution >= 0.6 is 0 Å². The van der Waals surface area contributed by atoms with E-state index in [0.29, 0.717) is 12.1 Å². The number of rotatable bonds is 6. The molecule has 3 N–H and O–H groups in total. The molecule has 0 aliphatic heterocycles. The van der Waals surface area contributed by atoms with Gasteiger partial charge in [-0.2, -0.15) is 0 Å². The fourth-order valence-electron chi connectivity index (χ4n) is 2.10. The van der Waals surface area contributed by atoms with E-state index in [2.05, 4.69) is 10.6 Å². The van der Waals surface area contributed by atoms with Gasteiger partial charge in [0.25, 0.3) is 0 Å². The van der Waals surface area contributed by atoms with Gasteiger partial charge in [0.2, 0.25) is 0 Å². The minimum absolute atomic E-state index is 0.131. The van der Waals surface area contributed by atoms with Crippen LogP contribution < -0.4 is 10.6 Å². The van der Waals surface area contributed by atoms with E-state index in [1.807, 2.05) is 45.0 Å². The van der Waals surface area contributed by atoms with Crippen molar-refractivity contribution < 1.29 is 14.7 Å². The molecule has 2 atom stereocenters. The van der Waals surface area contributed by atoms with Crippen LogP contribution in [0.3, 0.4) is 0 Å². The van der Waals surface area contributed by atoms with Gasteiger partial charge in [0.1, 0.15) is 6.04 Å². The summed E-state index contributed by atoms with van der Waals surface area (Å²) >= 11 is 0. The summed E-state index contributed by atoms with van der Waals surface area (Å²) in [7, 11) is 0. The molecule has 0 spiro atoms. The first kappa shape index (κ1) is 17.0. The number of amides is 2. The normalized spacial score (nSPS) is 13.6. The molecule has 1 aromatic rings. The standard InChI is InChI=1S/C16H24N2O3/c1-5-11(4)14(15(19)20)18-16(21)17-13-9-7-6-8-12(13)10(2)3/h6-11,14H,5H2,1-4H3,(H,19,20)(H2,17,18,21). The molecule has 2 unspecified atom stereocenters. The monoisotopic (exact) mass is 292 g/mol. The highest BCUT2D eigenvalue weighted by Crippen LogP contribution is 2.23. The number of carboxylic acids is 1. The topological polar surface area (TPSA) is 78.4 Å². The van der Waals surface area contributed by atoms with Crippen molar-refractivity contribution >= 4 is 17.7 Å². The summed E-state index contributed by atoms with van der Waals surface area (Å²) in [5.41, 5.74) is 1.72. The maximum absolute atomic E-state index is 12.0. The molecule has 0 heterocycles. The second-order valence-electron chi connectivity index (χ2n) is 5.54. The first-order valence-electron chi connectivity index (χ1n) is 7.26. The second-order valence-corrected chi connectivity index (χ2v) is 5.54. The molecule has 5 heteroatoms. The zero-order valence-electron chi connectivity index (χ0n) is 13.0. The van der Waals surface area contributed by atoms with Crippen LogP contribution in [0.4, 0.5) is 10.5 Å². The lowest BCUT2D eigenvalue weighted by Crippen LogP contribution is -2.46. The molecule has 0 fully saturated rings. The van der Waals surface area contributed by atoms with Gasteiger partial charge in [0.15, 0.2) is 0 Å². The van der Waals surface area contributed by atoms with Gasteiger partial charge in [-0.05, 0) is 23.5 Å². The summed E-state index contributed by atoms with van der Waals surface area (Å²) in [5.74, 6) is -0.878. The zero-order valence-corrected chi connectivity index (χ0v) is 13.0. The van der Waals surface area contributed by atoms with Gasteiger partial charge < -0.3 is 15.7 Å². The maximum Gasteiger partial charge on any atom is 0.326 e. The summed E-state index contributed by atoms with van der Waals surface area (Å²) in [5, 5.41) is 14.5. The molecule has 0 aliphatic carbocycles. The van der Waals surface area contributed by atoms with E-state index < -0.39 is 18.0 Å². The number of anilines is 1. The third kappa shape index (κ3) is 4.77. The van der Waals surface area contributed by atoms with E-state index >= 15 is 0 Å². The van der Waals surface area contributed by atoms with Crippen molar-refractivity contribution in [2.75, 3.05) is 5.32 Å². The highest BCUT2D eigenvalue weighted by Gasteiger charge is 2.25. The quantitative estimate of drug-likeness (QED) is 0.751. The van der Waals surface area contributed by atoms with E-state index in [0.717, 1.165) is 5.56 Å². The van der Waals surface area contributed by atoms with Gasteiger partial charge in [-0.15, -0.1) is 0 Å². The first-order valence-corrected chi connectivity index (χ1v) is 7.26. The molecule has 0 saturated heterocycles. The van der Waals surface area contributed by atoms with E-state index in [9.17, 15) is 14.7 Å². The second kappa shape index (κ2) is 7.67. The Morgan fingerprint density at radius 1 is 1.19 bits per heavy atom. The number of carboxylic acid groups (broad SMARTS) is 1. The Kier molecular flexibility index (Phi) is 6.21. The summed E-state index contributed by atoms with van der Waals surface area (Å²) in [4.78, 5) is 23.3. The van der Waals surface area contributed by atoms with Crippen LogP contribution in [-0.2, 0) is 4.79 Å². The smallest absolute Gasteiger partial charge is 0.326 e. The van der Waals surface area contributed by atoms with Crippen molar-refractivity contribution in [2.24, 2.45) is 5.92 Å². The molecule has 0 bridgehead atoms. The van der Waals surface area contributed by atoms with Crippen LogP contribution in [0.25, 0.3) is 0 Å². The number of hydrogen-bond donors (Lipinski definition) is 3. The van der Waals surface area contributed by atoms with Crippen LogP contribution in [0.15, 0.2) is 24.3 Å². The molecule has 116 valence electrons. The van der Waals surface area contributed by atoms with Crippen molar-refractivity contribution in [2.45, 2.75) is 46.1 Å². The molecule has 0 saturated carbocycles. The maximum atomic E-state index is 12.0. The Morgan fingerprint density at radius 3 is 2.33 bits per heavy atom.